The monoisotopic (exact) mass is 342 g/mol. The quantitative estimate of drug-likeness (QED) is 0.784. The van der Waals surface area contributed by atoms with Crippen LogP contribution in [0.1, 0.15) is 39.7 Å². The molecule has 1 atom stereocenters. The van der Waals surface area contributed by atoms with Crippen molar-refractivity contribution in [3.05, 3.63) is 48.2 Å². The molecule has 134 valence electrons. The lowest BCUT2D eigenvalue weighted by Crippen LogP contribution is -2.30. The summed E-state index contributed by atoms with van der Waals surface area (Å²) < 4.78 is 11.3. The van der Waals surface area contributed by atoms with Crippen molar-refractivity contribution in [1.82, 2.24) is 10.3 Å². The van der Waals surface area contributed by atoms with Crippen LogP contribution in [0.3, 0.4) is 0 Å². The maximum atomic E-state index is 11.0. The van der Waals surface area contributed by atoms with Crippen LogP contribution in [0.4, 0.5) is 0 Å². The number of pyridine rings is 1. The van der Waals surface area contributed by atoms with E-state index in [1.54, 1.807) is 12.3 Å². The smallest absolute Gasteiger partial charge is 0.219 e. The number of carbonyl (C=O) groups is 1. The van der Waals surface area contributed by atoms with Crippen molar-refractivity contribution in [2.24, 2.45) is 0 Å². The number of nitrogens with zero attached hydrogens (tertiary/aromatic N) is 1. The molecule has 5 nitrogen and oxygen atoms in total. The molecule has 1 aromatic heterocycles. The SMILES string of the molecule is CC(=O)N[C@@H](C)CCc1ccc(Oc2ccc(OC(C)C)cn2)cc1. The van der Waals surface area contributed by atoms with E-state index in [4.69, 9.17) is 9.47 Å². The summed E-state index contributed by atoms with van der Waals surface area (Å²) in [6, 6.07) is 11.7. The minimum Gasteiger partial charge on any atom is -0.489 e. The fourth-order valence-electron chi connectivity index (χ4n) is 2.42. The van der Waals surface area contributed by atoms with Crippen molar-refractivity contribution < 1.29 is 14.3 Å². The highest BCUT2D eigenvalue weighted by Gasteiger charge is 2.05. The predicted octanol–water partition coefficient (Wildman–Crippen LogP) is 4.12. The Morgan fingerprint density at radius 1 is 1.08 bits per heavy atom. The van der Waals surface area contributed by atoms with Crippen LogP contribution in [0.15, 0.2) is 42.6 Å². The number of aryl methyl sites for hydroxylation is 1. The van der Waals surface area contributed by atoms with E-state index in [0.717, 1.165) is 24.3 Å². The highest BCUT2D eigenvalue weighted by Crippen LogP contribution is 2.22. The van der Waals surface area contributed by atoms with Gasteiger partial charge in [-0.05, 0) is 57.4 Å². The number of hydrogen-bond acceptors (Lipinski definition) is 4. The Kier molecular flexibility index (Phi) is 6.81. The Hall–Kier alpha value is -2.56. The molecule has 2 rings (SSSR count). The topological polar surface area (TPSA) is 60.5 Å². The molecule has 1 heterocycles. The third-order valence-corrected chi connectivity index (χ3v) is 3.54. The summed E-state index contributed by atoms with van der Waals surface area (Å²) in [6.07, 6.45) is 3.59. The number of benzene rings is 1. The molecule has 0 saturated carbocycles. The van der Waals surface area contributed by atoms with Gasteiger partial charge in [0.05, 0.1) is 12.3 Å². The van der Waals surface area contributed by atoms with E-state index in [-0.39, 0.29) is 18.1 Å². The third kappa shape index (κ3) is 6.83. The molecule has 0 aliphatic carbocycles. The van der Waals surface area contributed by atoms with Crippen LogP contribution >= 0.6 is 0 Å². The van der Waals surface area contributed by atoms with Gasteiger partial charge in [0.25, 0.3) is 0 Å². The molecule has 0 radical (unpaired) electrons. The van der Waals surface area contributed by atoms with Crippen LogP contribution < -0.4 is 14.8 Å². The predicted molar refractivity (Wildman–Crippen MR) is 98.1 cm³/mol. The van der Waals surface area contributed by atoms with Gasteiger partial charge in [-0.1, -0.05) is 12.1 Å². The van der Waals surface area contributed by atoms with Crippen LogP contribution in [0, 0.1) is 0 Å². The Bertz CT molecular complexity index is 666. The van der Waals surface area contributed by atoms with Crippen LogP contribution in [0.5, 0.6) is 17.4 Å². The molecule has 1 aromatic carbocycles. The summed E-state index contributed by atoms with van der Waals surface area (Å²) >= 11 is 0. The Balaban J connectivity index is 1.86. The van der Waals surface area contributed by atoms with Crippen molar-refractivity contribution >= 4 is 5.91 Å². The molecule has 5 heteroatoms. The first-order chi connectivity index (χ1) is 11.9. The minimum absolute atomic E-state index is 0.00793. The minimum atomic E-state index is 0.00793. The second-order valence-electron chi connectivity index (χ2n) is 6.39. The zero-order chi connectivity index (χ0) is 18.2. The molecule has 1 N–H and O–H groups in total. The molecule has 25 heavy (non-hydrogen) atoms. The van der Waals surface area contributed by atoms with Crippen molar-refractivity contribution in [2.45, 2.75) is 52.7 Å². The summed E-state index contributed by atoms with van der Waals surface area (Å²) in [4.78, 5) is 15.3. The first-order valence-corrected chi connectivity index (χ1v) is 8.59. The van der Waals surface area contributed by atoms with Gasteiger partial charge in [-0.15, -0.1) is 0 Å². The van der Waals surface area contributed by atoms with Gasteiger partial charge in [0.15, 0.2) is 0 Å². The Morgan fingerprint density at radius 3 is 2.32 bits per heavy atom. The molecular formula is C20H26N2O3. The van der Waals surface area contributed by atoms with E-state index in [2.05, 4.69) is 10.3 Å². The lowest BCUT2D eigenvalue weighted by Gasteiger charge is -2.12. The average Bonchev–Trinajstić information content (AvgIpc) is 2.55. The highest BCUT2D eigenvalue weighted by atomic mass is 16.5. The molecule has 1 amide bonds. The zero-order valence-corrected chi connectivity index (χ0v) is 15.3. The average molecular weight is 342 g/mol. The number of hydrogen-bond donors (Lipinski definition) is 1. The third-order valence-electron chi connectivity index (χ3n) is 3.54. The van der Waals surface area contributed by atoms with Crippen LogP contribution in [0.2, 0.25) is 0 Å². The van der Waals surface area contributed by atoms with Gasteiger partial charge in [-0.3, -0.25) is 4.79 Å². The molecule has 0 saturated heterocycles. The van der Waals surface area contributed by atoms with Crippen molar-refractivity contribution in [1.29, 1.82) is 0 Å². The number of aromatic nitrogens is 1. The highest BCUT2D eigenvalue weighted by molar-refractivity contribution is 5.73. The lowest BCUT2D eigenvalue weighted by atomic mass is 10.1. The van der Waals surface area contributed by atoms with Gasteiger partial charge in [-0.2, -0.15) is 0 Å². The Morgan fingerprint density at radius 2 is 1.76 bits per heavy atom. The van der Waals surface area contributed by atoms with Crippen molar-refractivity contribution in [3.63, 3.8) is 0 Å². The summed E-state index contributed by atoms with van der Waals surface area (Å²) in [6.45, 7) is 7.50. The number of ether oxygens (including phenoxy) is 2. The molecule has 0 spiro atoms. The van der Waals surface area contributed by atoms with Gasteiger partial charge in [-0.25, -0.2) is 4.98 Å². The van der Waals surface area contributed by atoms with E-state index in [1.165, 1.54) is 12.5 Å². The van der Waals surface area contributed by atoms with Crippen LogP contribution in [-0.2, 0) is 11.2 Å². The van der Waals surface area contributed by atoms with Gasteiger partial charge < -0.3 is 14.8 Å². The molecule has 0 bridgehead atoms. The van der Waals surface area contributed by atoms with Crippen LogP contribution in [0.25, 0.3) is 0 Å². The standard InChI is InChI=1S/C20H26N2O3/c1-14(2)24-19-11-12-20(21-13-19)25-18-9-7-17(8-10-18)6-5-15(3)22-16(4)23/h7-15H,5-6H2,1-4H3,(H,22,23)/t15-/m0/s1. The largest absolute Gasteiger partial charge is 0.489 e. The van der Waals surface area contributed by atoms with Crippen molar-refractivity contribution in [2.75, 3.05) is 0 Å². The second-order valence-corrected chi connectivity index (χ2v) is 6.39. The second kappa shape index (κ2) is 9.06. The van der Waals surface area contributed by atoms with E-state index in [1.807, 2.05) is 51.1 Å². The normalized spacial score (nSPS) is 11.9. The van der Waals surface area contributed by atoms with Gasteiger partial charge in [0, 0.05) is 19.0 Å². The number of nitrogens with one attached hydrogen (secondary N) is 1. The Labute approximate surface area is 149 Å². The van der Waals surface area contributed by atoms with Gasteiger partial charge in [0.2, 0.25) is 11.8 Å². The fraction of sp³-hybridized carbons (Fsp3) is 0.400. The number of amides is 1. The van der Waals surface area contributed by atoms with Crippen LogP contribution in [-0.4, -0.2) is 23.0 Å². The number of carbonyl (C=O) groups excluding carboxylic acids is 1. The number of rotatable bonds is 8. The van der Waals surface area contributed by atoms with Crippen molar-refractivity contribution in [3.8, 4) is 17.4 Å². The molecule has 2 aromatic rings. The van der Waals surface area contributed by atoms with E-state index < -0.39 is 0 Å². The molecule has 0 aliphatic heterocycles. The lowest BCUT2D eigenvalue weighted by molar-refractivity contribution is -0.119. The fourth-order valence-corrected chi connectivity index (χ4v) is 2.42. The molecule has 0 fully saturated rings. The summed E-state index contributed by atoms with van der Waals surface area (Å²) in [5.41, 5.74) is 1.21. The molecular weight excluding hydrogens is 316 g/mol. The molecule has 0 aliphatic rings. The van der Waals surface area contributed by atoms with E-state index >= 15 is 0 Å². The van der Waals surface area contributed by atoms with E-state index in [9.17, 15) is 4.79 Å². The first kappa shape index (κ1) is 18.8. The summed E-state index contributed by atoms with van der Waals surface area (Å²) in [5, 5.41) is 2.89. The van der Waals surface area contributed by atoms with E-state index in [0.29, 0.717) is 5.88 Å². The maximum Gasteiger partial charge on any atom is 0.219 e. The summed E-state index contributed by atoms with van der Waals surface area (Å²) in [5.74, 6) is 2.01. The first-order valence-electron chi connectivity index (χ1n) is 8.59. The zero-order valence-electron chi connectivity index (χ0n) is 15.3. The molecule has 0 unspecified atom stereocenters. The summed E-state index contributed by atoms with van der Waals surface area (Å²) in [7, 11) is 0. The maximum absolute atomic E-state index is 11.0. The van der Waals surface area contributed by atoms with Gasteiger partial charge >= 0.3 is 0 Å². The van der Waals surface area contributed by atoms with Gasteiger partial charge in [0.1, 0.15) is 11.5 Å².